The fourth-order valence-electron chi connectivity index (χ4n) is 4.88. The normalized spacial score (nSPS) is 10.4. The lowest BCUT2D eigenvalue weighted by Gasteiger charge is -2.13. The van der Waals surface area contributed by atoms with Gasteiger partial charge in [0, 0.05) is 29.9 Å². The van der Waals surface area contributed by atoms with Gasteiger partial charge in [0.05, 0.1) is 0 Å². The number of nitrogens with two attached hydrogens (primary N) is 1. The van der Waals surface area contributed by atoms with Crippen molar-refractivity contribution >= 4 is 54.5 Å². The summed E-state index contributed by atoms with van der Waals surface area (Å²) in [6, 6.07) is 0. The van der Waals surface area contributed by atoms with Crippen LogP contribution in [-0.4, -0.2) is 52.8 Å². The van der Waals surface area contributed by atoms with E-state index < -0.39 is 0 Å². The van der Waals surface area contributed by atoms with Crippen molar-refractivity contribution in [2.24, 2.45) is 5.73 Å². The Morgan fingerprint density at radius 2 is 0.783 bits per heavy atom. The van der Waals surface area contributed by atoms with Gasteiger partial charge in [-0.3, -0.25) is 9.59 Å². The molecule has 0 heterocycles. The summed E-state index contributed by atoms with van der Waals surface area (Å²) in [6.45, 7) is 15.5. The smallest absolute Gasteiger partial charge is 0.221 e. The number of Topliss-reactive ketones (excluding diaryl/α,β-unsaturated/α-hetero) is 1. The maximum atomic E-state index is 11.4. The van der Waals surface area contributed by atoms with Gasteiger partial charge >= 0.3 is 0 Å². The summed E-state index contributed by atoms with van der Waals surface area (Å²) in [7, 11) is 0. The summed E-state index contributed by atoms with van der Waals surface area (Å²) in [6.07, 6.45) is 32.7. The Labute approximate surface area is 311 Å². The molecule has 0 aliphatic carbocycles. The Bertz CT molecular complexity index is 537. The van der Waals surface area contributed by atoms with Gasteiger partial charge in [0.1, 0.15) is 5.78 Å². The second-order valence-electron chi connectivity index (χ2n) is 12.4. The molecule has 0 bridgehead atoms. The minimum absolute atomic E-state index is 0.251. The van der Waals surface area contributed by atoms with Gasteiger partial charge < -0.3 is 10.6 Å². The van der Waals surface area contributed by atoms with E-state index in [0.29, 0.717) is 12.2 Å². The summed E-state index contributed by atoms with van der Waals surface area (Å²) in [4.78, 5) is 23.8. The summed E-state index contributed by atoms with van der Waals surface area (Å²) < 4.78 is 0. The summed E-state index contributed by atoms with van der Waals surface area (Å²) in [5.41, 5.74) is 5.42. The molecule has 0 aromatic heterocycles. The highest BCUT2D eigenvalue weighted by Gasteiger charge is 2.01. The highest BCUT2D eigenvalue weighted by Crippen LogP contribution is 2.13. The van der Waals surface area contributed by atoms with E-state index in [1.54, 1.807) is 0 Å². The molecule has 46 heavy (non-hydrogen) atoms. The first-order chi connectivity index (χ1) is 22.3. The maximum Gasteiger partial charge on any atom is 0.221 e. The van der Waals surface area contributed by atoms with Crippen molar-refractivity contribution in [2.45, 2.75) is 202 Å². The standard InChI is InChI=1S/C17H33BrO.C12H27N.C6H15N.C4H6BrClO/c1-2-3-4-5-6-7-8-9-10-11-12-14-17(19)15-13-16-18;1-2-3-4-5-6-7-8-9-10-11-12-13;1-4-7(5-2)6-3;5-3-1-2-4(6)7/h2-16H2,1H3;2-13H2,1H3;4-6H2,1-3H3;1-3H2. The molecule has 0 aromatic carbocycles. The fourth-order valence-corrected chi connectivity index (χ4v) is 5.58. The van der Waals surface area contributed by atoms with Gasteiger partial charge in [-0.2, -0.15) is 0 Å². The lowest BCUT2D eigenvalue weighted by atomic mass is 10.0. The van der Waals surface area contributed by atoms with Gasteiger partial charge in [0.2, 0.25) is 5.24 Å². The zero-order valence-electron chi connectivity index (χ0n) is 31.6. The Kier molecular flexibility index (Phi) is 60.6. The Morgan fingerprint density at radius 1 is 0.478 bits per heavy atom. The van der Waals surface area contributed by atoms with Gasteiger partial charge in [-0.1, -0.05) is 188 Å². The van der Waals surface area contributed by atoms with Crippen molar-refractivity contribution in [3.05, 3.63) is 0 Å². The van der Waals surface area contributed by atoms with Crippen LogP contribution in [0.5, 0.6) is 0 Å². The van der Waals surface area contributed by atoms with Crippen molar-refractivity contribution in [1.29, 1.82) is 0 Å². The van der Waals surface area contributed by atoms with Crippen LogP contribution in [0.4, 0.5) is 0 Å². The van der Waals surface area contributed by atoms with Crippen LogP contribution >= 0.6 is 43.5 Å². The molecule has 2 N–H and O–H groups in total. The number of ketones is 1. The number of halogens is 3. The molecule has 0 aromatic rings. The van der Waals surface area contributed by atoms with E-state index >= 15 is 0 Å². The molecule has 0 fully saturated rings. The molecule has 0 aliphatic heterocycles. The highest BCUT2D eigenvalue weighted by atomic mass is 79.9. The third-order valence-corrected chi connectivity index (χ3v) is 9.37. The maximum absolute atomic E-state index is 11.4. The first kappa shape index (κ1) is 53.3. The van der Waals surface area contributed by atoms with E-state index in [2.05, 4.69) is 71.4 Å². The molecule has 0 spiro atoms. The summed E-state index contributed by atoms with van der Waals surface area (Å²) in [5, 5.41) is 1.56. The molecule has 0 amide bonds. The van der Waals surface area contributed by atoms with Gasteiger partial charge in [-0.25, -0.2) is 0 Å². The molecule has 4 nitrogen and oxygen atoms in total. The number of carbonyl (C=O) groups is 2. The molecule has 280 valence electrons. The zero-order chi connectivity index (χ0) is 35.4. The Balaban J connectivity index is -0.000000281. The van der Waals surface area contributed by atoms with Crippen molar-refractivity contribution in [3.63, 3.8) is 0 Å². The first-order valence-electron chi connectivity index (χ1n) is 19.6. The number of rotatable bonds is 31. The van der Waals surface area contributed by atoms with Gasteiger partial charge in [-0.05, 0) is 63.5 Å². The van der Waals surface area contributed by atoms with Crippen LogP contribution in [0.3, 0.4) is 0 Å². The third-order valence-electron chi connectivity index (χ3n) is 8.05. The topological polar surface area (TPSA) is 63.4 Å². The molecule has 0 aliphatic rings. The molecule has 0 saturated heterocycles. The molecule has 0 rings (SSSR count). The average molecular weight is 805 g/mol. The molecule has 7 heteroatoms. The second-order valence-corrected chi connectivity index (χ2v) is 14.4. The monoisotopic (exact) mass is 802 g/mol. The van der Waals surface area contributed by atoms with Crippen LogP contribution in [0.2, 0.25) is 0 Å². The third kappa shape index (κ3) is 59.9. The van der Waals surface area contributed by atoms with Gasteiger partial charge in [0.25, 0.3) is 0 Å². The average Bonchev–Trinajstić information content (AvgIpc) is 3.06. The van der Waals surface area contributed by atoms with Crippen LogP contribution in [-0.2, 0) is 9.59 Å². The number of nitrogens with zero attached hydrogens (tertiary/aromatic N) is 1. The van der Waals surface area contributed by atoms with E-state index in [-0.39, 0.29) is 5.24 Å². The Morgan fingerprint density at radius 3 is 1.04 bits per heavy atom. The molecule has 0 atom stereocenters. The molecule has 0 unspecified atom stereocenters. The SMILES string of the molecule is CCCCCCCCCCCCCC(=O)CCCBr.CCCCCCCCCCCCN.CCN(CC)CC.O=C(Cl)CCCBr. The predicted molar refractivity (Wildman–Crippen MR) is 217 cm³/mol. The van der Waals surface area contributed by atoms with E-state index in [9.17, 15) is 9.59 Å². The van der Waals surface area contributed by atoms with Crippen molar-refractivity contribution < 1.29 is 9.59 Å². The van der Waals surface area contributed by atoms with Crippen molar-refractivity contribution in [3.8, 4) is 0 Å². The lowest BCUT2D eigenvalue weighted by Crippen LogP contribution is -2.21. The highest BCUT2D eigenvalue weighted by molar-refractivity contribution is 9.09. The first-order valence-corrected chi connectivity index (χ1v) is 22.2. The molecule has 0 radical (unpaired) electrons. The molecule has 0 saturated carbocycles. The predicted octanol–water partition coefficient (Wildman–Crippen LogP) is 13.6. The van der Waals surface area contributed by atoms with Gasteiger partial charge in [-0.15, -0.1) is 0 Å². The largest absolute Gasteiger partial charge is 0.330 e. The summed E-state index contributed by atoms with van der Waals surface area (Å²) in [5.74, 6) is 0.454. The number of hydrogen-bond acceptors (Lipinski definition) is 4. The van der Waals surface area contributed by atoms with E-state index in [0.717, 1.165) is 49.3 Å². The van der Waals surface area contributed by atoms with Crippen LogP contribution in [0.1, 0.15) is 202 Å². The number of unbranched alkanes of at least 4 members (excludes halogenated alkanes) is 19. The number of hydrogen-bond donors (Lipinski definition) is 1. The minimum Gasteiger partial charge on any atom is -0.330 e. The Hall–Kier alpha value is 0.510. The number of carbonyl (C=O) groups excluding carboxylic acids is 2. The van der Waals surface area contributed by atoms with Gasteiger partial charge in [0.15, 0.2) is 0 Å². The number of alkyl halides is 2. The quantitative estimate of drug-likeness (QED) is 0.0431. The van der Waals surface area contributed by atoms with E-state index in [1.807, 2.05) is 0 Å². The van der Waals surface area contributed by atoms with Crippen LogP contribution in [0, 0.1) is 0 Å². The van der Waals surface area contributed by atoms with Crippen LogP contribution in [0.25, 0.3) is 0 Å². The minimum atomic E-state index is -0.251. The molecular formula is C39H81Br2ClN2O2. The summed E-state index contributed by atoms with van der Waals surface area (Å²) >= 11 is 11.5. The van der Waals surface area contributed by atoms with E-state index in [4.69, 9.17) is 17.3 Å². The molecular weight excluding hydrogens is 724 g/mol. The van der Waals surface area contributed by atoms with Crippen molar-refractivity contribution in [2.75, 3.05) is 36.8 Å². The fraction of sp³-hybridized carbons (Fsp3) is 0.949. The van der Waals surface area contributed by atoms with E-state index in [1.165, 1.54) is 148 Å². The van der Waals surface area contributed by atoms with Crippen LogP contribution in [0.15, 0.2) is 0 Å². The second kappa shape index (κ2) is 52.3. The van der Waals surface area contributed by atoms with Crippen molar-refractivity contribution in [1.82, 2.24) is 4.90 Å². The zero-order valence-corrected chi connectivity index (χ0v) is 35.5. The van der Waals surface area contributed by atoms with Crippen LogP contribution < -0.4 is 5.73 Å². The lowest BCUT2D eigenvalue weighted by molar-refractivity contribution is -0.119.